The first-order valence-corrected chi connectivity index (χ1v) is 13.5. The summed E-state index contributed by atoms with van der Waals surface area (Å²) >= 11 is 0. The fourth-order valence-corrected chi connectivity index (χ4v) is 5.26. The molecule has 3 rings (SSSR count). The van der Waals surface area contributed by atoms with Gasteiger partial charge in [-0.2, -0.15) is 0 Å². The molecule has 0 spiro atoms. The Morgan fingerprint density at radius 2 is 1.88 bits per heavy atom. The molecule has 0 unspecified atom stereocenters. The van der Waals surface area contributed by atoms with Crippen molar-refractivity contribution < 1.29 is 22.0 Å². The van der Waals surface area contributed by atoms with Crippen LogP contribution in [0.1, 0.15) is 51.1 Å². The fourth-order valence-electron chi connectivity index (χ4n) is 4.30. The molecule has 1 amide bonds. The molecule has 0 bridgehead atoms. The number of anilines is 2. The number of halogens is 2. The molecule has 2 aromatic carbocycles. The van der Waals surface area contributed by atoms with Gasteiger partial charge < -0.3 is 10.2 Å². The van der Waals surface area contributed by atoms with Gasteiger partial charge >= 0.3 is 0 Å². The molecule has 186 valence electrons. The summed E-state index contributed by atoms with van der Waals surface area (Å²) in [6.07, 6.45) is 3.79. The van der Waals surface area contributed by atoms with Gasteiger partial charge in [0, 0.05) is 37.8 Å². The average molecular weight is 494 g/mol. The summed E-state index contributed by atoms with van der Waals surface area (Å²) in [6, 6.07) is 10.9. The maximum Gasteiger partial charge on any atom is 0.232 e. The number of sulfonamides is 1. The minimum absolute atomic E-state index is 0.0192. The summed E-state index contributed by atoms with van der Waals surface area (Å²) in [5.41, 5.74) is 2.20. The highest BCUT2D eigenvalue weighted by molar-refractivity contribution is 7.92. The van der Waals surface area contributed by atoms with Gasteiger partial charge in [0.15, 0.2) is 11.6 Å². The minimum atomic E-state index is -3.72. The van der Waals surface area contributed by atoms with Crippen molar-refractivity contribution in [3.8, 4) is 0 Å². The summed E-state index contributed by atoms with van der Waals surface area (Å²) in [6.45, 7) is 6.27. The number of carbonyl (C=O) groups excluding carboxylic acids is 1. The van der Waals surface area contributed by atoms with Crippen LogP contribution >= 0.6 is 0 Å². The summed E-state index contributed by atoms with van der Waals surface area (Å²) in [5, 5.41) is 2.94. The lowest BCUT2D eigenvalue weighted by atomic mass is 9.99. The quantitative estimate of drug-likeness (QED) is 0.553. The molecule has 2 aromatic rings. The van der Waals surface area contributed by atoms with Gasteiger partial charge in [0.05, 0.1) is 18.0 Å². The summed E-state index contributed by atoms with van der Waals surface area (Å²) in [7, 11) is -3.72. The Morgan fingerprint density at radius 1 is 1.18 bits per heavy atom. The first kappa shape index (κ1) is 25.9. The molecular weight excluding hydrogens is 460 g/mol. The van der Waals surface area contributed by atoms with E-state index in [1.807, 2.05) is 19.1 Å². The number of hydrogen-bond donors (Lipinski definition) is 1. The molecule has 0 saturated carbocycles. The van der Waals surface area contributed by atoms with E-state index < -0.39 is 21.7 Å². The van der Waals surface area contributed by atoms with E-state index in [4.69, 9.17) is 0 Å². The summed E-state index contributed by atoms with van der Waals surface area (Å²) < 4.78 is 52.0. The molecular formula is C25H33F2N3O3S. The van der Waals surface area contributed by atoms with Crippen molar-refractivity contribution in [2.75, 3.05) is 35.1 Å². The molecule has 1 heterocycles. The van der Waals surface area contributed by atoms with Gasteiger partial charge in [-0.15, -0.1) is 0 Å². The molecule has 1 N–H and O–H groups in total. The van der Waals surface area contributed by atoms with Gasteiger partial charge in [0.2, 0.25) is 15.9 Å². The predicted molar refractivity (Wildman–Crippen MR) is 131 cm³/mol. The highest BCUT2D eigenvalue weighted by Crippen LogP contribution is 2.25. The summed E-state index contributed by atoms with van der Waals surface area (Å²) in [4.78, 5) is 14.8. The maximum absolute atomic E-state index is 13.6. The zero-order chi connectivity index (χ0) is 24.9. The van der Waals surface area contributed by atoms with Crippen molar-refractivity contribution in [1.82, 2.24) is 5.32 Å². The van der Waals surface area contributed by atoms with Crippen LogP contribution in [0.15, 0.2) is 42.5 Å². The van der Waals surface area contributed by atoms with Gasteiger partial charge in [-0.1, -0.05) is 19.1 Å². The Labute approximate surface area is 201 Å². The molecule has 6 nitrogen and oxygen atoms in total. The normalized spacial score (nSPS) is 17.3. The van der Waals surface area contributed by atoms with Gasteiger partial charge in [0.25, 0.3) is 0 Å². The maximum atomic E-state index is 13.6. The van der Waals surface area contributed by atoms with E-state index in [-0.39, 0.29) is 37.0 Å². The molecule has 1 aliphatic rings. The lowest BCUT2D eigenvalue weighted by Gasteiger charge is -2.33. The van der Waals surface area contributed by atoms with E-state index in [1.165, 1.54) is 24.6 Å². The standard InChI is InChI=1S/C25H33F2N3O3S/c1-18-6-4-14-29(17-18)21-10-8-20(9-11-21)19(2)28-25(31)7-5-15-30(34(3,32)33)22-12-13-23(26)24(27)16-22/h8-13,16,18-19H,4-7,14-15,17H2,1-3H3,(H,28,31)/t18-,19-/m0/s1. The van der Waals surface area contributed by atoms with E-state index in [9.17, 15) is 22.0 Å². The van der Waals surface area contributed by atoms with E-state index in [0.29, 0.717) is 5.92 Å². The number of nitrogens with zero attached hydrogens (tertiary/aromatic N) is 2. The van der Waals surface area contributed by atoms with Crippen LogP contribution in [0.25, 0.3) is 0 Å². The predicted octanol–water partition coefficient (Wildman–Crippen LogP) is 4.62. The first-order chi connectivity index (χ1) is 16.0. The highest BCUT2D eigenvalue weighted by atomic mass is 32.2. The Kier molecular flexibility index (Phi) is 8.52. The van der Waals surface area contributed by atoms with Crippen molar-refractivity contribution >= 4 is 27.3 Å². The topological polar surface area (TPSA) is 69.7 Å². The van der Waals surface area contributed by atoms with Crippen LogP contribution in [0.5, 0.6) is 0 Å². The monoisotopic (exact) mass is 493 g/mol. The Hall–Kier alpha value is -2.68. The van der Waals surface area contributed by atoms with Crippen LogP contribution in [0, 0.1) is 17.6 Å². The summed E-state index contributed by atoms with van der Waals surface area (Å²) in [5.74, 6) is -1.70. The highest BCUT2D eigenvalue weighted by Gasteiger charge is 2.20. The Balaban J connectivity index is 1.52. The second kappa shape index (κ2) is 11.2. The fraction of sp³-hybridized carbons (Fsp3) is 0.480. The van der Waals surface area contributed by atoms with Crippen molar-refractivity contribution in [2.45, 2.75) is 45.6 Å². The zero-order valence-electron chi connectivity index (χ0n) is 19.9. The van der Waals surface area contributed by atoms with E-state index in [0.717, 1.165) is 41.3 Å². The second-order valence-electron chi connectivity index (χ2n) is 9.11. The largest absolute Gasteiger partial charge is 0.371 e. The van der Waals surface area contributed by atoms with Crippen molar-refractivity contribution in [2.24, 2.45) is 5.92 Å². The molecule has 0 aromatic heterocycles. The Bertz CT molecular complexity index is 1090. The zero-order valence-corrected chi connectivity index (χ0v) is 20.7. The number of piperidine rings is 1. The molecule has 2 atom stereocenters. The molecule has 0 radical (unpaired) electrons. The Morgan fingerprint density at radius 3 is 2.50 bits per heavy atom. The first-order valence-electron chi connectivity index (χ1n) is 11.6. The number of carbonyl (C=O) groups is 1. The van der Waals surface area contributed by atoms with Crippen LogP contribution in [-0.4, -0.2) is 40.2 Å². The third kappa shape index (κ3) is 6.91. The van der Waals surface area contributed by atoms with Crippen LogP contribution in [0.4, 0.5) is 20.2 Å². The molecule has 1 saturated heterocycles. The van der Waals surface area contributed by atoms with Crippen molar-refractivity contribution in [3.05, 3.63) is 59.7 Å². The minimum Gasteiger partial charge on any atom is -0.371 e. The SMILES string of the molecule is C[C@H]1CCCN(c2ccc([C@H](C)NC(=O)CCCN(c3ccc(F)c(F)c3)S(C)(=O)=O)cc2)C1. The van der Waals surface area contributed by atoms with Crippen LogP contribution in [0.3, 0.4) is 0 Å². The number of nitrogens with one attached hydrogen (secondary N) is 1. The van der Waals surface area contributed by atoms with Gasteiger partial charge in [-0.05, 0) is 61.9 Å². The molecule has 34 heavy (non-hydrogen) atoms. The number of amides is 1. The molecule has 9 heteroatoms. The van der Waals surface area contributed by atoms with Gasteiger partial charge in [-0.3, -0.25) is 9.10 Å². The third-order valence-corrected chi connectivity index (χ3v) is 7.34. The van der Waals surface area contributed by atoms with E-state index >= 15 is 0 Å². The van der Waals surface area contributed by atoms with E-state index in [1.54, 1.807) is 0 Å². The second-order valence-corrected chi connectivity index (χ2v) is 11.0. The lowest BCUT2D eigenvalue weighted by molar-refractivity contribution is -0.121. The van der Waals surface area contributed by atoms with Crippen molar-refractivity contribution in [3.63, 3.8) is 0 Å². The average Bonchev–Trinajstić information content (AvgIpc) is 2.78. The van der Waals surface area contributed by atoms with E-state index in [2.05, 4.69) is 29.3 Å². The van der Waals surface area contributed by atoms with Crippen LogP contribution < -0.4 is 14.5 Å². The third-order valence-electron chi connectivity index (χ3n) is 6.15. The van der Waals surface area contributed by atoms with Crippen LogP contribution in [0.2, 0.25) is 0 Å². The number of rotatable bonds is 9. The molecule has 1 fully saturated rings. The number of hydrogen-bond acceptors (Lipinski definition) is 4. The van der Waals surface area contributed by atoms with Crippen LogP contribution in [-0.2, 0) is 14.8 Å². The van der Waals surface area contributed by atoms with Crippen molar-refractivity contribution in [1.29, 1.82) is 0 Å². The number of benzene rings is 2. The smallest absolute Gasteiger partial charge is 0.232 e. The lowest BCUT2D eigenvalue weighted by Crippen LogP contribution is -2.34. The molecule has 1 aliphatic heterocycles. The molecule has 0 aliphatic carbocycles. The van der Waals surface area contributed by atoms with Gasteiger partial charge in [0.1, 0.15) is 0 Å². The van der Waals surface area contributed by atoms with Gasteiger partial charge in [-0.25, -0.2) is 17.2 Å².